The highest BCUT2D eigenvalue weighted by Gasteiger charge is 2.28. The Balaban J connectivity index is 1.89. The number of piperazine rings is 1. The predicted molar refractivity (Wildman–Crippen MR) is 92.6 cm³/mol. The van der Waals surface area contributed by atoms with Crippen LogP contribution in [0.15, 0.2) is 23.1 Å². The molecule has 2 heterocycles. The van der Waals surface area contributed by atoms with Crippen molar-refractivity contribution in [3.8, 4) is 0 Å². The van der Waals surface area contributed by atoms with Gasteiger partial charge in [0, 0.05) is 44.8 Å². The third kappa shape index (κ3) is 3.48. The Morgan fingerprint density at radius 1 is 1.04 bits per heavy atom. The number of benzene rings is 1. The summed E-state index contributed by atoms with van der Waals surface area (Å²) in [5.74, 6) is -0.0911. The predicted octanol–water partition coefficient (Wildman–Crippen LogP) is 1.22. The molecule has 0 unspecified atom stereocenters. The minimum absolute atomic E-state index is 0.0911. The molecule has 132 valence electrons. The van der Waals surface area contributed by atoms with E-state index in [1.165, 1.54) is 0 Å². The van der Waals surface area contributed by atoms with Crippen molar-refractivity contribution in [3.05, 3.63) is 29.3 Å². The van der Waals surface area contributed by atoms with Crippen LogP contribution in [0, 0.1) is 6.92 Å². The Morgan fingerprint density at radius 3 is 2.38 bits per heavy atom. The van der Waals surface area contributed by atoms with E-state index in [4.69, 9.17) is 0 Å². The Morgan fingerprint density at radius 2 is 1.71 bits per heavy atom. The average Bonchev–Trinajstić information content (AvgIpc) is 2.63. The first-order valence-electron chi connectivity index (χ1n) is 8.61. The van der Waals surface area contributed by atoms with Crippen LogP contribution in [0.2, 0.25) is 0 Å². The zero-order valence-corrected chi connectivity index (χ0v) is 14.9. The topological polar surface area (TPSA) is 69.7 Å². The normalized spacial score (nSPS) is 20.1. The maximum atomic E-state index is 13.0. The van der Waals surface area contributed by atoms with Crippen LogP contribution in [0.25, 0.3) is 0 Å². The van der Waals surface area contributed by atoms with E-state index in [0.717, 1.165) is 32.4 Å². The minimum atomic E-state index is -3.53. The lowest BCUT2D eigenvalue weighted by molar-refractivity contribution is 0.0735. The number of carbonyl (C=O) groups is 1. The van der Waals surface area contributed by atoms with Gasteiger partial charge in [-0.15, -0.1) is 0 Å². The van der Waals surface area contributed by atoms with E-state index >= 15 is 0 Å². The molecule has 3 rings (SSSR count). The molecule has 7 heteroatoms. The van der Waals surface area contributed by atoms with Crippen molar-refractivity contribution in [2.45, 2.75) is 31.1 Å². The number of nitrogens with one attached hydrogen (secondary N) is 1. The zero-order valence-electron chi connectivity index (χ0n) is 14.1. The number of carbonyl (C=O) groups excluding carboxylic acids is 1. The number of aryl methyl sites for hydroxylation is 1. The lowest BCUT2D eigenvalue weighted by Crippen LogP contribution is -2.46. The van der Waals surface area contributed by atoms with Gasteiger partial charge in [0.1, 0.15) is 0 Å². The van der Waals surface area contributed by atoms with Crippen molar-refractivity contribution >= 4 is 15.9 Å². The second-order valence-electron chi connectivity index (χ2n) is 6.49. The molecule has 2 aliphatic rings. The maximum absolute atomic E-state index is 13.0. The summed E-state index contributed by atoms with van der Waals surface area (Å²) in [6.45, 7) is 5.78. The molecule has 24 heavy (non-hydrogen) atoms. The molecule has 0 aromatic heterocycles. The van der Waals surface area contributed by atoms with Crippen LogP contribution in [0.3, 0.4) is 0 Å². The molecule has 0 aliphatic carbocycles. The molecule has 1 aromatic rings. The van der Waals surface area contributed by atoms with Crippen LogP contribution in [-0.4, -0.2) is 62.8 Å². The lowest BCUT2D eigenvalue weighted by Gasteiger charge is -2.28. The summed E-state index contributed by atoms with van der Waals surface area (Å²) in [6, 6.07) is 5.03. The molecule has 0 saturated carbocycles. The number of hydrogen-bond acceptors (Lipinski definition) is 4. The van der Waals surface area contributed by atoms with Gasteiger partial charge in [-0.1, -0.05) is 12.5 Å². The minimum Gasteiger partial charge on any atom is -0.336 e. The first kappa shape index (κ1) is 17.4. The summed E-state index contributed by atoms with van der Waals surface area (Å²) < 4.78 is 27.5. The monoisotopic (exact) mass is 351 g/mol. The van der Waals surface area contributed by atoms with Gasteiger partial charge in [0.05, 0.1) is 4.90 Å². The van der Waals surface area contributed by atoms with Crippen LogP contribution in [0.1, 0.15) is 35.2 Å². The van der Waals surface area contributed by atoms with Crippen molar-refractivity contribution in [2.24, 2.45) is 0 Å². The third-order valence-electron chi connectivity index (χ3n) is 4.77. The molecule has 2 saturated heterocycles. The molecule has 6 nitrogen and oxygen atoms in total. The fraction of sp³-hybridized carbons (Fsp3) is 0.588. The van der Waals surface area contributed by atoms with E-state index in [0.29, 0.717) is 37.3 Å². The quantitative estimate of drug-likeness (QED) is 0.889. The molecule has 1 aromatic carbocycles. The number of amides is 1. The first-order chi connectivity index (χ1) is 11.5. The zero-order chi connectivity index (χ0) is 17.2. The van der Waals surface area contributed by atoms with Gasteiger partial charge in [-0.3, -0.25) is 4.79 Å². The van der Waals surface area contributed by atoms with E-state index in [1.807, 2.05) is 0 Å². The van der Waals surface area contributed by atoms with Gasteiger partial charge in [-0.2, -0.15) is 4.31 Å². The van der Waals surface area contributed by atoms with E-state index in [9.17, 15) is 13.2 Å². The van der Waals surface area contributed by atoms with Crippen molar-refractivity contribution in [2.75, 3.05) is 39.3 Å². The largest absolute Gasteiger partial charge is 0.336 e. The molecule has 2 aliphatic heterocycles. The highest BCUT2D eigenvalue weighted by molar-refractivity contribution is 7.89. The summed E-state index contributed by atoms with van der Waals surface area (Å²) in [6.07, 6.45) is 2.88. The second-order valence-corrected chi connectivity index (χ2v) is 8.39. The summed E-state index contributed by atoms with van der Waals surface area (Å²) in [7, 11) is -3.53. The number of sulfonamides is 1. The summed E-state index contributed by atoms with van der Waals surface area (Å²) in [4.78, 5) is 14.7. The third-order valence-corrected chi connectivity index (χ3v) is 6.81. The summed E-state index contributed by atoms with van der Waals surface area (Å²) in [5.41, 5.74) is 1.15. The molecule has 0 spiro atoms. The molecule has 1 N–H and O–H groups in total. The number of rotatable bonds is 3. The summed E-state index contributed by atoms with van der Waals surface area (Å²) >= 11 is 0. The Kier molecular flexibility index (Phi) is 5.22. The molecular weight excluding hydrogens is 326 g/mol. The molecule has 0 atom stereocenters. The van der Waals surface area contributed by atoms with E-state index in [2.05, 4.69) is 5.32 Å². The van der Waals surface area contributed by atoms with Gasteiger partial charge in [-0.25, -0.2) is 8.42 Å². The van der Waals surface area contributed by atoms with Crippen molar-refractivity contribution in [1.82, 2.24) is 14.5 Å². The molecular formula is C17H25N3O3S. The molecule has 2 fully saturated rings. The summed E-state index contributed by atoms with van der Waals surface area (Å²) in [5, 5.41) is 3.21. The van der Waals surface area contributed by atoms with Gasteiger partial charge < -0.3 is 10.2 Å². The van der Waals surface area contributed by atoms with Crippen molar-refractivity contribution in [1.29, 1.82) is 0 Å². The Labute approximate surface area is 143 Å². The van der Waals surface area contributed by atoms with Crippen LogP contribution in [-0.2, 0) is 10.0 Å². The molecule has 0 radical (unpaired) electrons. The second kappa shape index (κ2) is 7.21. The standard InChI is InChI=1S/C17H25N3O3S/c1-14-5-6-15(17(21)19-11-7-18-8-12-19)13-16(14)24(22,23)20-9-3-2-4-10-20/h5-6,13,18H,2-4,7-12H2,1H3. The number of piperidine rings is 1. The van der Waals surface area contributed by atoms with Gasteiger partial charge in [0.2, 0.25) is 10.0 Å². The Bertz CT molecular complexity index is 706. The highest BCUT2D eigenvalue weighted by Crippen LogP contribution is 2.25. The Hall–Kier alpha value is -1.44. The smallest absolute Gasteiger partial charge is 0.253 e. The van der Waals surface area contributed by atoms with Gasteiger partial charge >= 0.3 is 0 Å². The van der Waals surface area contributed by atoms with Gasteiger partial charge in [0.25, 0.3) is 5.91 Å². The van der Waals surface area contributed by atoms with E-state index < -0.39 is 10.0 Å². The average molecular weight is 351 g/mol. The van der Waals surface area contributed by atoms with Crippen molar-refractivity contribution in [3.63, 3.8) is 0 Å². The van der Waals surface area contributed by atoms with Gasteiger partial charge in [-0.05, 0) is 37.5 Å². The fourth-order valence-electron chi connectivity index (χ4n) is 3.31. The number of nitrogens with zero attached hydrogens (tertiary/aromatic N) is 2. The molecule has 0 bridgehead atoms. The maximum Gasteiger partial charge on any atom is 0.253 e. The van der Waals surface area contributed by atoms with E-state index in [1.54, 1.807) is 34.3 Å². The van der Waals surface area contributed by atoms with E-state index in [-0.39, 0.29) is 10.8 Å². The van der Waals surface area contributed by atoms with Crippen LogP contribution >= 0.6 is 0 Å². The van der Waals surface area contributed by atoms with Crippen LogP contribution in [0.5, 0.6) is 0 Å². The lowest BCUT2D eigenvalue weighted by atomic mass is 10.1. The number of hydrogen-bond donors (Lipinski definition) is 1. The van der Waals surface area contributed by atoms with Crippen LogP contribution in [0.4, 0.5) is 0 Å². The van der Waals surface area contributed by atoms with Gasteiger partial charge in [0.15, 0.2) is 0 Å². The SMILES string of the molecule is Cc1ccc(C(=O)N2CCNCC2)cc1S(=O)(=O)N1CCCCC1. The van der Waals surface area contributed by atoms with Crippen LogP contribution < -0.4 is 5.32 Å². The fourth-order valence-corrected chi connectivity index (χ4v) is 5.07. The highest BCUT2D eigenvalue weighted by atomic mass is 32.2. The molecule has 1 amide bonds. The first-order valence-corrected chi connectivity index (χ1v) is 10.0. The van der Waals surface area contributed by atoms with Crippen molar-refractivity contribution < 1.29 is 13.2 Å².